The van der Waals surface area contributed by atoms with Crippen LogP contribution in [0.5, 0.6) is 0 Å². The van der Waals surface area contributed by atoms with Gasteiger partial charge in [-0.2, -0.15) is 16.9 Å². The molecule has 0 unspecified atom stereocenters. The third-order valence-corrected chi connectivity index (χ3v) is 3.94. The third-order valence-electron chi connectivity index (χ3n) is 2.89. The standard InChI is InChI=1S/C11H19N3S/c12-5-1-2-10-8-13-14(9-10)11-3-6-15-7-4-11/h8-9,11H,1-7,12H2. The fourth-order valence-corrected chi connectivity index (χ4v) is 3.04. The van der Waals surface area contributed by atoms with E-state index in [0.29, 0.717) is 6.04 Å². The summed E-state index contributed by atoms with van der Waals surface area (Å²) in [4.78, 5) is 0. The summed E-state index contributed by atoms with van der Waals surface area (Å²) in [6, 6.07) is 0.637. The van der Waals surface area contributed by atoms with Crippen LogP contribution in [0, 0.1) is 0 Å². The number of hydrogen-bond donors (Lipinski definition) is 1. The molecule has 1 aliphatic rings. The van der Waals surface area contributed by atoms with Gasteiger partial charge in [0.15, 0.2) is 0 Å². The molecule has 0 aromatic carbocycles. The summed E-state index contributed by atoms with van der Waals surface area (Å²) < 4.78 is 2.16. The molecule has 0 amide bonds. The number of aryl methyl sites for hydroxylation is 1. The van der Waals surface area contributed by atoms with Gasteiger partial charge in [0.1, 0.15) is 0 Å². The zero-order chi connectivity index (χ0) is 10.5. The van der Waals surface area contributed by atoms with Gasteiger partial charge in [-0.3, -0.25) is 4.68 Å². The molecule has 2 N–H and O–H groups in total. The zero-order valence-corrected chi connectivity index (χ0v) is 9.88. The van der Waals surface area contributed by atoms with E-state index in [1.165, 1.54) is 29.9 Å². The molecule has 2 rings (SSSR count). The highest BCUT2D eigenvalue weighted by molar-refractivity contribution is 7.99. The maximum atomic E-state index is 5.50. The van der Waals surface area contributed by atoms with E-state index in [1.54, 1.807) is 0 Å². The van der Waals surface area contributed by atoms with Crippen molar-refractivity contribution in [1.29, 1.82) is 0 Å². The van der Waals surface area contributed by atoms with Crippen LogP contribution >= 0.6 is 11.8 Å². The molecule has 3 nitrogen and oxygen atoms in total. The molecule has 84 valence electrons. The highest BCUT2D eigenvalue weighted by Gasteiger charge is 2.15. The molecule has 4 heteroatoms. The second-order valence-corrected chi connectivity index (χ2v) is 5.29. The van der Waals surface area contributed by atoms with E-state index in [9.17, 15) is 0 Å². The highest BCUT2D eigenvalue weighted by Crippen LogP contribution is 2.26. The summed E-state index contributed by atoms with van der Waals surface area (Å²) in [5.41, 5.74) is 6.83. The van der Waals surface area contributed by atoms with Gasteiger partial charge in [-0.1, -0.05) is 0 Å². The van der Waals surface area contributed by atoms with Crippen LogP contribution in [-0.4, -0.2) is 27.8 Å². The van der Waals surface area contributed by atoms with Gasteiger partial charge >= 0.3 is 0 Å². The van der Waals surface area contributed by atoms with Crippen LogP contribution in [0.3, 0.4) is 0 Å². The maximum Gasteiger partial charge on any atom is 0.0535 e. The van der Waals surface area contributed by atoms with Gasteiger partial charge in [-0.15, -0.1) is 0 Å². The van der Waals surface area contributed by atoms with Gasteiger partial charge < -0.3 is 5.73 Å². The van der Waals surface area contributed by atoms with Gasteiger partial charge in [0.2, 0.25) is 0 Å². The summed E-state index contributed by atoms with van der Waals surface area (Å²) in [6.45, 7) is 0.769. The Hall–Kier alpha value is -0.480. The molecule has 1 aromatic rings. The average Bonchev–Trinajstić information content (AvgIpc) is 2.76. The van der Waals surface area contributed by atoms with Gasteiger partial charge in [0.25, 0.3) is 0 Å². The average molecular weight is 225 g/mol. The van der Waals surface area contributed by atoms with Crippen LogP contribution in [-0.2, 0) is 6.42 Å². The number of nitrogens with zero attached hydrogens (tertiary/aromatic N) is 2. The molecule has 0 aliphatic carbocycles. The number of thioether (sulfide) groups is 1. The van der Waals surface area contributed by atoms with Crippen LogP contribution < -0.4 is 5.73 Å². The van der Waals surface area contributed by atoms with Crippen LogP contribution in [0.4, 0.5) is 0 Å². The van der Waals surface area contributed by atoms with Crippen molar-refractivity contribution in [3.63, 3.8) is 0 Å². The van der Waals surface area contributed by atoms with Gasteiger partial charge in [-0.05, 0) is 49.3 Å². The molecule has 1 aliphatic heterocycles. The molecule has 1 aromatic heterocycles. The number of rotatable bonds is 4. The maximum absolute atomic E-state index is 5.50. The summed E-state index contributed by atoms with van der Waals surface area (Å²) in [5, 5.41) is 4.46. The van der Waals surface area contributed by atoms with Crippen molar-refractivity contribution in [3.05, 3.63) is 18.0 Å². The second kappa shape index (κ2) is 5.56. The fraction of sp³-hybridized carbons (Fsp3) is 0.727. The Bertz CT molecular complexity index is 292. The van der Waals surface area contributed by atoms with Crippen molar-refractivity contribution >= 4 is 11.8 Å². The Labute approximate surface area is 95.4 Å². The van der Waals surface area contributed by atoms with Crippen LogP contribution in [0.25, 0.3) is 0 Å². The van der Waals surface area contributed by atoms with Crippen molar-refractivity contribution < 1.29 is 0 Å². The lowest BCUT2D eigenvalue weighted by molar-refractivity contribution is 0.426. The molecule has 2 heterocycles. The van der Waals surface area contributed by atoms with E-state index in [2.05, 4.69) is 27.7 Å². The predicted molar refractivity (Wildman–Crippen MR) is 65.2 cm³/mol. The normalized spacial score (nSPS) is 18.2. The first-order valence-electron chi connectivity index (χ1n) is 5.71. The van der Waals surface area contributed by atoms with Crippen molar-refractivity contribution in [2.75, 3.05) is 18.1 Å². The number of nitrogens with two attached hydrogens (primary N) is 1. The Morgan fingerprint density at radius 3 is 3.00 bits per heavy atom. The highest BCUT2D eigenvalue weighted by atomic mass is 32.2. The minimum absolute atomic E-state index is 0.637. The molecule has 0 spiro atoms. The van der Waals surface area contributed by atoms with Crippen molar-refractivity contribution in [2.45, 2.75) is 31.7 Å². The number of aromatic nitrogens is 2. The summed E-state index contributed by atoms with van der Waals surface area (Å²) in [7, 11) is 0. The first-order chi connectivity index (χ1) is 7.40. The third kappa shape index (κ3) is 2.98. The van der Waals surface area contributed by atoms with E-state index < -0.39 is 0 Å². The van der Waals surface area contributed by atoms with Gasteiger partial charge in [0, 0.05) is 6.20 Å². The smallest absolute Gasteiger partial charge is 0.0535 e. The molecule has 15 heavy (non-hydrogen) atoms. The zero-order valence-electron chi connectivity index (χ0n) is 9.06. The molecule has 0 saturated carbocycles. The van der Waals surface area contributed by atoms with E-state index in [-0.39, 0.29) is 0 Å². The van der Waals surface area contributed by atoms with Gasteiger partial charge in [-0.25, -0.2) is 0 Å². The summed E-state index contributed by atoms with van der Waals surface area (Å²) >= 11 is 2.06. The lowest BCUT2D eigenvalue weighted by Gasteiger charge is -2.21. The van der Waals surface area contributed by atoms with E-state index in [1.807, 2.05) is 6.20 Å². The number of hydrogen-bond acceptors (Lipinski definition) is 3. The fourth-order valence-electron chi connectivity index (χ4n) is 1.96. The topological polar surface area (TPSA) is 43.8 Å². The lowest BCUT2D eigenvalue weighted by atomic mass is 10.1. The molecular weight excluding hydrogens is 206 g/mol. The van der Waals surface area contributed by atoms with Gasteiger partial charge in [0.05, 0.1) is 12.2 Å². The quantitative estimate of drug-likeness (QED) is 0.850. The minimum atomic E-state index is 0.637. The van der Waals surface area contributed by atoms with Crippen molar-refractivity contribution in [2.24, 2.45) is 5.73 Å². The van der Waals surface area contributed by atoms with Crippen molar-refractivity contribution in [1.82, 2.24) is 9.78 Å². The van der Waals surface area contributed by atoms with E-state index in [4.69, 9.17) is 5.73 Å². The van der Waals surface area contributed by atoms with Crippen LogP contribution in [0.2, 0.25) is 0 Å². The Morgan fingerprint density at radius 1 is 1.47 bits per heavy atom. The van der Waals surface area contributed by atoms with Crippen LogP contribution in [0.15, 0.2) is 12.4 Å². The minimum Gasteiger partial charge on any atom is -0.330 e. The Balaban J connectivity index is 1.93. The van der Waals surface area contributed by atoms with Crippen LogP contribution in [0.1, 0.15) is 30.9 Å². The Kier molecular flexibility index (Phi) is 4.09. The molecular formula is C11H19N3S. The molecule has 0 atom stereocenters. The SMILES string of the molecule is NCCCc1cnn(C2CCSCC2)c1. The predicted octanol–water partition coefficient (Wildman–Crippen LogP) is 1.84. The van der Waals surface area contributed by atoms with E-state index in [0.717, 1.165) is 19.4 Å². The first kappa shape index (κ1) is 11.0. The van der Waals surface area contributed by atoms with E-state index >= 15 is 0 Å². The summed E-state index contributed by atoms with van der Waals surface area (Å²) in [5.74, 6) is 2.56. The molecule has 1 saturated heterocycles. The molecule has 0 radical (unpaired) electrons. The first-order valence-corrected chi connectivity index (χ1v) is 6.86. The molecule has 0 bridgehead atoms. The largest absolute Gasteiger partial charge is 0.330 e. The van der Waals surface area contributed by atoms with Crippen molar-refractivity contribution in [3.8, 4) is 0 Å². The monoisotopic (exact) mass is 225 g/mol. The summed E-state index contributed by atoms with van der Waals surface area (Å²) in [6.07, 6.45) is 8.86. The molecule has 1 fully saturated rings. The Morgan fingerprint density at radius 2 is 2.27 bits per heavy atom. The second-order valence-electron chi connectivity index (χ2n) is 4.06. The lowest BCUT2D eigenvalue weighted by Crippen LogP contribution is -2.15.